The molecule has 0 fully saturated rings. The lowest BCUT2D eigenvalue weighted by atomic mass is 10.3. The molecule has 0 aliphatic rings. The first kappa shape index (κ1) is 13.7. The Morgan fingerprint density at radius 2 is 1.79 bits per heavy atom. The van der Waals surface area contributed by atoms with Crippen LogP contribution in [-0.2, 0) is 0 Å². The minimum Gasteiger partial charge on any atom is -0.325 e. The topological polar surface area (TPSA) is 32.5 Å². The van der Waals surface area contributed by atoms with Gasteiger partial charge < -0.3 is 10.6 Å². The quantitative estimate of drug-likeness (QED) is 0.661. The Bertz CT molecular complexity index is 151. The van der Waals surface area contributed by atoms with Crippen molar-refractivity contribution in [1.82, 2.24) is 9.80 Å². The molecule has 5 heteroatoms. The molecule has 0 amide bonds. The van der Waals surface area contributed by atoms with Crippen LogP contribution in [0.15, 0.2) is 0 Å². The average Bonchev–Trinajstić information content (AvgIpc) is 2.12. The lowest BCUT2D eigenvalue weighted by Gasteiger charge is -2.26. The first-order valence-electron chi connectivity index (χ1n) is 4.86. The fraction of sp³-hybridized carbons (Fsp3) is 1.00. The van der Waals surface area contributed by atoms with Crippen LogP contribution in [-0.4, -0.2) is 62.5 Å². The zero-order valence-corrected chi connectivity index (χ0v) is 9.26. The van der Waals surface area contributed by atoms with E-state index in [0.717, 1.165) is 6.54 Å². The largest absolute Gasteiger partial charge is 0.325 e. The van der Waals surface area contributed by atoms with E-state index in [-0.39, 0.29) is 6.54 Å². The van der Waals surface area contributed by atoms with Crippen LogP contribution in [0.3, 0.4) is 0 Å². The molecule has 3 nitrogen and oxygen atoms in total. The van der Waals surface area contributed by atoms with Gasteiger partial charge in [0, 0.05) is 13.1 Å². The Hall–Kier alpha value is -0.260. The van der Waals surface area contributed by atoms with Crippen molar-refractivity contribution in [3.63, 3.8) is 0 Å². The second-order valence-electron chi connectivity index (χ2n) is 3.73. The third-order valence-electron chi connectivity index (χ3n) is 2.06. The molecule has 0 bridgehead atoms. The number of alkyl halides is 2. The van der Waals surface area contributed by atoms with E-state index in [0.29, 0.717) is 13.1 Å². The lowest BCUT2D eigenvalue weighted by molar-refractivity contribution is -0.0232. The predicted molar refractivity (Wildman–Crippen MR) is 54.7 cm³/mol. The normalized spacial score (nSPS) is 12.9. The van der Waals surface area contributed by atoms with Gasteiger partial charge in [-0.2, -0.15) is 0 Å². The van der Waals surface area contributed by atoms with Gasteiger partial charge in [-0.05, 0) is 20.6 Å². The van der Waals surface area contributed by atoms with E-state index in [9.17, 15) is 8.78 Å². The Morgan fingerprint density at radius 3 is 2.14 bits per heavy atom. The van der Waals surface area contributed by atoms with Crippen LogP contribution in [0.1, 0.15) is 6.92 Å². The summed E-state index contributed by atoms with van der Waals surface area (Å²) in [6, 6.07) is 0. The van der Waals surface area contributed by atoms with Crippen molar-refractivity contribution >= 4 is 0 Å². The van der Waals surface area contributed by atoms with E-state index in [1.807, 2.05) is 25.9 Å². The summed E-state index contributed by atoms with van der Waals surface area (Å²) < 4.78 is 25.9. The van der Waals surface area contributed by atoms with Gasteiger partial charge in [0.05, 0.1) is 13.1 Å². The van der Waals surface area contributed by atoms with Crippen LogP contribution in [0.25, 0.3) is 0 Å². The summed E-state index contributed by atoms with van der Waals surface area (Å²) in [6.07, 6.45) is 0. The van der Waals surface area contributed by atoms with E-state index < -0.39 is 12.5 Å². The van der Waals surface area contributed by atoms with E-state index in [1.54, 1.807) is 4.90 Å². The third-order valence-corrected chi connectivity index (χ3v) is 2.06. The second-order valence-corrected chi connectivity index (χ2v) is 3.73. The van der Waals surface area contributed by atoms with Gasteiger partial charge in [-0.3, -0.25) is 4.90 Å². The molecule has 2 N–H and O–H groups in total. The fourth-order valence-corrected chi connectivity index (χ4v) is 1.08. The van der Waals surface area contributed by atoms with Crippen molar-refractivity contribution in [2.75, 3.05) is 46.8 Å². The molecule has 0 atom stereocenters. The monoisotopic (exact) mass is 209 g/mol. The smallest absolute Gasteiger partial charge is 0.272 e. The number of nitrogens with two attached hydrogens (primary N) is 1. The van der Waals surface area contributed by atoms with Crippen LogP contribution in [0.2, 0.25) is 0 Å². The molecule has 0 saturated heterocycles. The van der Waals surface area contributed by atoms with Gasteiger partial charge in [-0.1, -0.05) is 6.92 Å². The molecule has 86 valence electrons. The molecule has 0 aromatic carbocycles. The summed E-state index contributed by atoms with van der Waals surface area (Å²) in [5.74, 6) is -2.76. The SMILES string of the molecule is CCN(CCN(C)C)CC(F)(F)CN. The van der Waals surface area contributed by atoms with Crippen molar-refractivity contribution < 1.29 is 8.78 Å². The maximum atomic E-state index is 12.9. The lowest BCUT2D eigenvalue weighted by Crippen LogP contribution is -2.43. The maximum absolute atomic E-state index is 12.9. The Morgan fingerprint density at radius 1 is 1.21 bits per heavy atom. The second kappa shape index (κ2) is 6.27. The molecule has 0 aromatic heterocycles. The highest BCUT2D eigenvalue weighted by Crippen LogP contribution is 2.12. The van der Waals surface area contributed by atoms with Gasteiger partial charge in [0.1, 0.15) is 0 Å². The Labute approximate surface area is 84.8 Å². The number of hydrogen-bond donors (Lipinski definition) is 1. The van der Waals surface area contributed by atoms with E-state index >= 15 is 0 Å². The highest BCUT2D eigenvalue weighted by Gasteiger charge is 2.28. The van der Waals surface area contributed by atoms with Crippen molar-refractivity contribution in [2.45, 2.75) is 12.8 Å². The molecule has 0 radical (unpaired) electrons. The minimum atomic E-state index is -2.76. The molecule has 0 aliphatic heterocycles. The molecule has 0 aliphatic carbocycles. The summed E-state index contributed by atoms with van der Waals surface area (Å²) in [5.41, 5.74) is 4.98. The molecule has 0 aromatic rings. The van der Waals surface area contributed by atoms with Gasteiger partial charge in [-0.25, -0.2) is 8.78 Å². The zero-order chi connectivity index (χ0) is 11.2. The van der Waals surface area contributed by atoms with Gasteiger partial charge >= 0.3 is 0 Å². The molecule has 0 rings (SSSR count). The van der Waals surface area contributed by atoms with Crippen LogP contribution in [0.4, 0.5) is 8.78 Å². The summed E-state index contributed by atoms with van der Waals surface area (Å²) in [7, 11) is 3.85. The molecule has 0 unspecified atom stereocenters. The van der Waals surface area contributed by atoms with E-state index in [1.165, 1.54) is 0 Å². The first-order valence-corrected chi connectivity index (χ1v) is 4.86. The average molecular weight is 209 g/mol. The van der Waals surface area contributed by atoms with Crippen molar-refractivity contribution in [3.8, 4) is 0 Å². The third kappa shape index (κ3) is 6.23. The van der Waals surface area contributed by atoms with Gasteiger partial charge in [-0.15, -0.1) is 0 Å². The van der Waals surface area contributed by atoms with E-state index in [4.69, 9.17) is 5.73 Å². The fourth-order valence-electron chi connectivity index (χ4n) is 1.08. The predicted octanol–water partition coefficient (Wildman–Crippen LogP) is 0.464. The van der Waals surface area contributed by atoms with Crippen molar-refractivity contribution in [2.24, 2.45) is 5.73 Å². The van der Waals surface area contributed by atoms with Crippen molar-refractivity contribution in [3.05, 3.63) is 0 Å². The molecule has 0 spiro atoms. The van der Waals surface area contributed by atoms with Crippen LogP contribution in [0, 0.1) is 0 Å². The van der Waals surface area contributed by atoms with Crippen LogP contribution in [0.5, 0.6) is 0 Å². The van der Waals surface area contributed by atoms with Crippen LogP contribution < -0.4 is 5.73 Å². The number of hydrogen-bond acceptors (Lipinski definition) is 3. The van der Waals surface area contributed by atoms with Gasteiger partial charge in [0.2, 0.25) is 0 Å². The molecular formula is C9H21F2N3. The standard InChI is InChI=1S/C9H21F2N3/c1-4-14(6-5-13(2)3)8-9(10,11)7-12/h4-8,12H2,1-3H3. The van der Waals surface area contributed by atoms with Gasteiger partial charge in [0.25, 0.3) is 5.92 Å². The summed E-state index contributed by atoms with van der Waals surface area (Å²) in [4.78, 5) is 3.69. The summed E-state index contributed by atoms with van der Waals surface area (Å²) >= 11 is 0. The number of likely N-dealkylation sites (N-methyl/N-ethyl adjacent to an activating group) is 2. The first-order chi connectivity index (χ1) is 6.41. The van der Waals surface area contributed by atoms with Crippen LogP contribution >= 0.6 is 0 Å². The molecule has 14 heavy (non-hydrogen) atoms. The number of rotatable bonds is 7. The van der Waals surface area contributed by atoms with Crippen molar-refractivity contribution in [1.29, 1.82) is 0 Å². The summed E-state index contributed by atoms with van der Waals surface area (Å²) in [6.45, 7) is 3.12. The minimum absolute atomic E-state index is 0.242. The molecule has 0 saturated carbocycles. The number of halogens is 2. The molecule has 0 heterocycles. The van der Waals surface area contributed by atoms with Gasteiger partial charge in [0.15, 0.2) is 0 Å². The highest BCUT2D eigenvalue weighted by atomic mass is 19.3. The Balaban J connectivity index is 3.90. The number of nitrogens with zero attached hydrogens (tertiary/aromatic N) is 2. The maximum Gasteiger partial charge on any atom is 0.272 e. The zero-order valence-electron chi connectivity index (χ0n) is 9.26. The van der Waals surface area contributed by atoms with E-state index in [2.05, 4.69) is 0 Å². The highest BCUT2D eigenvalue weighted by molar-refractivity contribution is 4.72. The molecular weight excluding hydrogens is 188 g/mol. The Kier molecular flexibility index (Phi) is 6.15. The summed E-state index contributed by atoms with van der Waals surface area (Å²) in [5, 5.41) is 0.